The molecule has 0 atom stereocenters. The molecule has 21 heavy (non-hydrogen) atoms. The van der Waals surface area contributed by atoms with Crippen molar-refractivity contribution in [2.45, 2.75) is 13.8 Å². The summed E-state index contributed by atoms with van der Waals surface area (Å²) >= 11 is 0. The maximum absolute atomic E-state index is 12.1. The molecular formula is C12H12N6O3. The number of pyridine rings is 1. The molecule has 0 bridgehead atoms. The first kappa shape index (κ1) is 13.0. The molecule has 3 rings (SSSR count). The largest absolute Gasteiger partial charge is 0.463 e. The first-order valence-corrected chi connectivity index (χ1v) is 6.26. The van der Waals surface area contributed by atoms with Gasteiger partial charge in [-0.15, -0.1) is 5.10 Å². The number of carbonyl (C=O) groups is 1. The van der Waals surface area contributed by atoms with E-state index in [1.807, 2.05) is 6.92 Å². The molecule has 0 aliphatic rings. The van der Waals surface area contributed by atoms with Gasteiger partial charge in [-0.05, 0) is 19.9 Å². The predicted octanol–water partition coefficient (Wildman–Crippen LogP) is 1.30. The molecule has 2 N–H and O–H groups in total. The van der Waals surface area contributed by atoms with Crippen LogP contribution in [0.3, 0.4) is 0 Å². The standard InChI is InChI=1S/C12H12N6O3/c1-3-20-12-15-11(16-17-12)14-9(19)7-4-8-6(2)18-21-10(8)13-5-7/h4-5H,3H2,1-2H3,(H2,14,15,16,17,19). The molecule has 1 amide bonds. The average molecular weight is 288 g/mol. The Morgan fingerprint density at radius 3 is 3.19 bits per heavy atom. The number of nitrogens with one attached hydrogen (secondary N) is 2. The summed E-state index contributed by atoms with van der Waals surface area (Å²) in [5.41, 5.74) is 1.43. The quantitative estimate of drug-likeness (QED) is 0.742. The zero-order chi connectivity index (χ0) is 14.8. The predicted molar refractivity (Wildman–Crippen MR) is 72.0 cm³/mol. The van der Waals surface area contributed by atoms with Gasteiger partial charge in [0.2, 0.25) is 5.95 Å². The van der Waals surface area contributed by atoms with E-state index in [1.165, 1.54) is 6.20 Å². The Morgan fingerprint density at radius 1 is 1.52 bits per heavy atom. The highest BCUT2D eigenvalue weighted by atomic mass is 16.5. The molecule has 3 aromatic rings. The van der Waals surface area contributed by atoms with Crippen LogP contribution in [0.2, 0.25) is 0 Å². The minimum Gasteiger partial charge on any atom is -0.463 e. The van der Waals surface area contributed by atoms with Crippen molar-refractivity contribution >= 4 is 23.0 Å². The van der Waals surface area contributed by atoms with E-state index in [0.29, 0.717) is 29.0 Å². The zero-order valence-electron chi connectivity index (χ0n) is 11.4. The van der Waals surface area contributed by atoms with Gasteiger partial charge in [0.25, 0.3) is 11.6 Å². The van der Waals surface area contributed by atoms with Crippen molar-refractivity contribution in [1.82, 2.24) is 25.3 Å². The minimum atomic E-state index is -0.371. The number of carbonyl (C=O) groups excluding carboxylic acids is 1. The van der Waals surface area contributed by atoms with Gasteiger partial charge in [0.1, 0.15) is 0 Å². The summed E-state index contributed by atoms with van der Waals surface area (Å²) < 4.78 is 10.1. The molecule has 0 saturated heterocycles. The second kappa shape index (κ2) is 5.19. The van der Waals surface area contributed by atoms with Gasteiger partial charge in [0, 0.05) is 6.20 Å². The number of rotatable bonds is 4. The molecule has 0 aromatic carbocycles. The van der Waals surface area contributed by atoms with Crippen molar-refractivity contribution in [2.24, 2.45) is 0 Å². The van der Waals surface area contributed by atoms with Gasteiger partial charge < -0.3 is 9.26 Å². The molecule has 0 spiro atoms. The first-order valence-electron chi connectivity index (χ1n) is 6.26. The third-order valence-corrected chi connectivity index (χ3v) is 2.74. The average Bonchev–Trinajstić information content (AvgIpc) is 3.06. The van der Waals surface area contributed by atoms with Crippen LogP contribution < -0.4 is 10.1 Å². The lowest BCUT2D eigenvalue weighted by molar-refractivity contribution is 0.102. The summed E-state index contributed by atoms with van der Waals surface area (Å²) in [7, 11) is 0. The van der Waals surface area contributed by atoms with Crippen LogP contribution in [0.1, 0.15) is 23.0 Å². The van der Waals surface area contributed by atoms with Crippen molar-refractivity contribution in [3.05, 3.63) is 23.5 Å². The van der Waals surface area contributed by atoms with Crippen LogP contribution >= 0.6 is 0 Å². The molecule has 108 valence electrons. The monoisotopic (exact) mass is 288 g/mol. The Morgan fingerprint density at radius 2 is 2.38 bits per heavy atom. The van der Waals surface area contributed by atoms with Crippen LogP contribution in [0, 0.1) is 6.92 Å². The second-order valence-corrected chi connectivity index (χ2v) is 4.20. The third-order valence-electron chi connectivity index (χ3n) is 2.74. The number of aromatic nitrogens is 5. The Bertz CT molecular complexity index is 793. The number of anilines is 1. The number of H-pyrrole nitrogens is 1. The van der Waals surface area contributed by atoms with Crippen molar-refractivity contribution in [3.63, 3.8) is 0 Å². The molecule has 0 fully saturated rings. The highest BCUT2D eigenvalue weighted by molar-refractivity contribution is 6.04. The lowest BCUT2D eigenvalue weighted by Gasteiger charge is -2.00. The fourth-order valence-corrected chi connectivity index (χ4v) is 1.74. The summed E-state index contributed by atoms with van der Waals surface area (Å²) in [5.74, 6) is -0.171. The van der Waals surface area contributed by atoms with E-state index in [1.54, 1.807) is 13.0 Å². The van der Waals surface area contributed by atoms with Crippen LogP contribution in [0.5, 0.6) is 6.01 Å². The van der Waals surface area contributed by atoms with Gasteiger partial charge in [0.15, 0.2) is 0 Å². The number of hydrogen-bond acceptors (Lipinski definition) is 7. The number of amides is 1. The maximum atomic E-state index is 12.1. The number of nitrogens with zero attached hydrogens (tertiary/aromatic N) is 4. The molecule has 0 radical (unpaired) electrons. The number of fused-ring (bicyclic) bond motifs is 1. The van der Waals surface area contributed by atoms with Crippen LogP contribution in [0.25, 0.3) is 11.1 Å². The van der Waals surface area contributed by atoms with Crippen molar-refractivity contribution in [2.75, 3.05) is 11.9 Å². The molecule has 9 heteroatoms. The van der Waals surface area contributed by atoms with Gasteiger partial charge in [-0.3, -0.25) is 10.1 Å². The topological polar surface area (TPSA) is 119 Å². The normalized spacial score (nSPS) is 10.8. The Hall–Kier alpha value is -2.97. The third kappa shape index (κ3) is 2.53. The molecule has 9 nitrogen and oxygen atoms in total. The van der Waals surface area contributed by atoms with Crippen LogP contribution in [0.15, 0.2) is 16.8 Å². The molecule has 0 aliphatic carbocycles. The Balaban J connectivity index is 1.80. The summed E-state index contributed by atoms with van der Waals surface area (Å²) in [6, 6.07) is 1.83. The minimum absolute atomic E-state index is 0.177. The van der Waals surface area contributed by atoms with Crippen LogP contribution in [0.4, 0.5) is 5.95 Å². The summed E-state index contributed by atoms with van der Waals surface area (Å²) in [5, 5.41) is 13.4. The molecular weight excluding hydrogens is 276 g/mol. The first-order chi connectivity index (χ1) is 10.2. The fourth-order valence-electron chi connectivity index (χ4n) is 1.74. The van der Waals surface area contributed by atoms with E-state index in [0.717, 1.165) is 0 Å². The number of aryl methyl sites for hydroxylation is 1. The summed E-state index contributed by atoms with van der Waals surface area (Å²) in [6.07, 6.45) is 1.40. The van der Waals surface area contributed by atoms with Crippen molar-refractivity contribution in [1.29, 1.82) is 0 Å². The van der Waals surface area contributed by atoms with Gasteiger partial charge in [-0.25, -0.2) is 10.1 Å². The van der Waals surface area contributed by atoms with E-state index in [4.69, 9.17) is 9.26 Å². The number of hydrogen-bond donors (Lipinski definition) is 2. The molecule has 3 aromatic heterocycles. The number of aromatic amines is 1. The Labute approximate surface area is 118 Å². The Kier molecular flexibility index (Phi) is 3.22. The van der Waals surface area contributed by atoms with Crippen molar-refractivity contribution < 1.29 is 14.1 Å². The molecule has 0 aliphatic heterocycles. The molecule has 3 heterocycles. The fraction of sp³-hybridized carbons (Fsp3) is 0.250. The number of ether oxygens (including phenoxy) is 1. The highest BCUT2D eigenvalue weighted by Gasteiger charge is 2.13. The smallest absolute Gasteiger partial charge is 0.337 e. The van der Waals surface area contributed by atoms with Crippen LogP contribution in [-0.2, 0) is 0 Å². The molecule has 0 saturated carbocycles. The van der Waals surface area contributed by atoms with E-state index in [2.05, 4.69) is 30.6 Å². The zero-order valence-corrected chi connectivity index (χ0v) is 11.4. The van der Waals surface area contributed by atoms with Gasteiger partial charge >= 0.3 is 6.01 Å². The van der Waals surface area contributed by atoms with Crippen molar-refractivity contribution in [3.8, 4) is 6.01 Å². The maximum Gasteiger partial charge on any atom is 0.337 e. The van der Waals surface area contributed by atoms with E-state index in [-0.39, 0.29) is 17.9 Å². The summed E-state index contributed by atoms with van der Waals surface area (Å²) in [6.45, 7) is 4.04. The van der Waals surface area contributed by atoms with Gasteiger partial charge in [0.05, 0.1) is 23.3 Å². The highest BCUT2D eigenvalue weighted by Crippen LogP contribution is 2.17. The SMILES string of the molecule is CCOc1n[nH]c(NC(=O)c2cnc3onc(C)c3c2)n1. The lowest BCUT2D eigenvalue weighted by Crippen LogP contribution is -2.13. The van der Waals surface area contributed by atoms with Crippen LogP contribution in [-0.4, -0.2) is 37.8 Å². The van der Waals surface area contributed by atoms with Gasteiger partial charge in [-0.1, -0.05) is 5.16 Å². The lowest BCUT2D eigenvalue weighted by atomic mass is 10.2. The molecule has 0 unspecified atom stereocenters. The summed E-state index contributed by atoms with van der Waals surface area (Å²) in [4.78, 5) is 20.1. The van der Waals surface area contributed by atoms with Gasteiger partial charge in [-0.2, -0.15) is 4.98 Å². The van der Waals surface area contributed by atoms with E-state index >= 15 is 0 Å². The van der Waals surface area contributed by atoms with E-state index in [9.17, 15) is 4.79 Å². The second-order valence-electron chi connectivity index (χ2n) is 4.20. The van der Waals surface area contributed by atoms with E-state index < -0.39 is 0 Å².